The highest BCUT2D eigenvalue weighted by atomic mass is 32.1. The van der Waals surface area contributed by atoms with Crippen molar-refractivity contribution in [3.05, 3.63) is 89.1 Å². The average molecular weight is 362 g/mol. The van der Waals surface area contributed by atoms with Gasteiger partial charge in [0.05, 0.1) is 4.88 Å². The number of carbonyl (C=O) groups excluding carboxylic acids is 1. The number of benzene rings is 2. The number of aromatic nitrogens is 2. The third-order valence-corrected chi connectivity index (χ3v) is 4.58. The van der Waals surface area contributed by atoms with Crippen LogP contribution in [0.25, 0.3) is 10.8 Å². The molecule has 6 heteroatoms. The Morgan fingerprint density at radius 2 is 1.73 bits per heavy atom. The number of thiophene rings is 1. The van der Waals surface area contributed by atoms with Crippen molar-refractivity contribution >= 4 is 17.1 Å². The summed E-state index contributed by atoms with van der Waals surface area (Å²) in [5.74, 6) is 1.58. The van der Waals surface area contributed by atoms with Gasteiger partial charge in [-0.05, 0) is 35.7 Å². The first-order valence-electron chi connectivity index (χ1n) is 7.99. The highest BCUT2D eigenvalue weighted by Gasteiger charge is 2.11. The molecule has 4 aromatic rings. The maximum absolute atomic E-state index is 12.4. The lowest BCUT2D eigenvalue weighted by atomic mass is 10.0. The van der Waals surface area contributed by atoms with Crippen LogP contribution in [-0.4, -0.2) is 15.9 Å². The topological polar surface area (TPSA) is 65.2 Å². The first kappa shape index (κ1) is 16.2. The van der Waals surface area contributed by atoms with Crippen molar-refractivity contribution in [2.75, 3.05) is 0 Å². The van der Waals surface area contributed by atoms with Crippen LogP contribution in [0.5, 0.6) is 5.75 Å². The van der Waals surface area contributed by atoms with Crippen LogP contribution in [0.15, 0.2) is 76.6 Å². The number of rotatable bonds is 6. The number of nitrogens with zero attached hydrogens (tertiary/aromatic N) is 2. The fourth-order valence-corrected chi connectivity index (χ4v) is 3.06. The molecular weight excluding hydrogens is 348 g/mol. The molecule has 128 valence electrons. The van der Waals surface area contributed by atoms with Gasteiger partial charge >= 0.3 is 0 Å². The molecule has 0 N–H and O–H groups in total. The molecule has 26 heavy (non-hydrogen) atoms. The number of ether oxygens (including phenoxy) is 1. The van der Waals surface area contributed by atoms with E-state index in [2.05, 4.69) is 10.1 Å². The standard InChI is InChI=1S/C20H14N2O3S/c23-19(14-5-2-1-3-6-14)15-8-10-16(11-9-15)24-13-18-21-20(25-22-18)17-7-4-12-26-17/h1-12H,13H2. The molecule has 0 aliphatic carbocycles. The van der Waals surface area contributed by atoms with Gasteiger partial charge in [0, 0.05) is 11.1 Å². The molecule has 0 saturated heterocycles. The lowest BCUT2D eigenvalue weighted by Gasteiger charge is -2.05. The minimum Gasteiger partial charge on any atom is -0.485 e. The van der Waals surface area contributed by atoms with E-state index in [1.165, 1.54) is 11.3 Å². The molecule has 0 amide bonds. The van der Waals surface area contributed by atoms with Crippen LogP contribution in [0.2, 0.25) is 0 Å². The highest BCUT2D eigenvalue weighted by molar-refractivity contribution is 7.13. The molecule has 5 nitrogen and oxygen atoms in total. The summed E-state index contributed by atoms with van der Waals surface area (Å²) in [5, 5.41) is 5.87. The van der Waals surface area contributed by atoms with Crippen LogP contribution in [0.3, 0.4) is 0 Å². The summed E-state index contributed by atoms with van der Waals surface area (Å²) in [4.78, 5) is 17.6. The second-order valence-electron chi connectivity index (χ2n) is 5.50. The number of hydrogen-bond acceptors (Lipinski definition) is 6. The normalized spacial score (nSPS) is 10.6. The van der Waals surface area contributed by atoms with Crippen molar-refractivity contribution < 1.29 is 14.1 Å². The Hall–Kier alpha value is -3.25. The van der Waals surface area contributed by atoms with E-state index in [4.69, 9.17) is 9.26 Å². The molecule has 0 fully saturated rings. The Morgan fingerprint density at radius 1 is 0.962 bits per heavy atom. The Balaban J connectivity index is 1.40. The number of carbonyl (C=O) groups is 1. The van der Waals surface area contributed by atoms with Gasteiger partial charge in [0.25, 0.3) is 5.89 Å². The fourth-order valence-electron chi connectivity index (χ4n) is 2.42. The van der Waals surface area contributed by atoms with Crippen LogP contribution in [-0.2, 0) is 6.61 Å². The van der Waals surface area contributed by atoms with E-state index >= 15 is 0 Å². The molecule has 0 unspecified atom stereocenters. The summed E-state index contributed by atoms with van der Waals surface area (Å²) in [6, 6.07) is 20.0. The van der Waals surface area contributed by atoms with Gasteiger partial charge < -0.3 is 9.26 Å². The smallest absolute Gasteiger partial charge is 0.268 e. The van der Waals surface area contributed by atoms with Crippen molar-refractivity contribution in [3.63, 3.8) is 0 Å². The van der Waals surface area contributed by atoms with E-state index < -0.39 is 0 Å². The van der Waals surface area contributed by atoms with Gasteiger partial charge in [-0.1, -0.05) is 41.6 Å². The quantitative estimate of drug-likeness (QED) is 0.469. The fraction of sp³-hybridized carbons (Fsp3) is 0.0500. The molecule has 0 spiro atoms. The van der Waals surface area contributed by atoms with E-state index in [0.717, 1.165) is 4.88 Å². The molecule has 2 aromatic carbocycles. The zero-order chi connectivity index (χ0) is 17.8. The molecule has 0 saturated carbocycles. The number of ketones is 1. The van der Waals surface area contributed by atoms with Crippen LogP contribution in [0.1, 0.15) is 21.7 Å². The van der Waals surface area contributed by atoms with E-state index in [-0.39, 0.29) is 12.4 Å². The van der Waals surface area contributed by atoms with Crippen LogP contribution < -0.4 is 4.74 Å². The van der Waals surface area contributed by atoms with Crippen molar-refractivity contribution in [2.45, 2.75) is 6.61 Å². The Bertz CT molecular complexity index is 993. The lowest BCUT2D eigenvalue weighted by molar-refractivity contribution is 0.103. The van der Waals surface area contributed by atoms with Gasteiger partial charge in [-0.3, -0.25) is 4.79 Å². The van der Waals surface area contributed by atoms with Crippen LogP contribution >= 0.6 is 11.3 Å². The molecule has 0 bridgehead atoms. The minimum absolute atomic E-state index is 0.0177. The summed E-state index contributed by atoms with van der Waals surface area (Å²) in [6.07, 6.45) is 0. The second kappa shape index (κ2) is 7.33. The zero-order valence-corrected chi connectivity index (χ0v) is 14.5. The molecular formula is C20H14N2O3S. The lowest BCUT2D eigenvalue weighted by Crippen LogP contribution is -2.01. The summed E-state index contributed by atoms with van der Waals surface area (Å²) in [7, 11) is 0. The molecule has 0 atom stereocenters. The Morgan fingerprint density at radius 3 is 2.46 bits per heavy atom. The minimum atomic E-state index is -0.0177. The Kier molecular flexibility index (Phi) is 4.57. The SMILES string of the molecule is O=C(c1ccccc1)c1ccc(OCc2noc(-c3cccs3)n2)cc1. The van der Waals surface area contributed by atoms with Gasteiger partial charge in [0.15, 0.2) is 12.4 Å². The molecule has 0 radical (unpaired) electrons. The zero-order valence-electron chi connectivity index (χ0n) is 13.7. The summed E-state index contributed by atoms with van der Waals surface area (Å²) >= 11 is 1.54. The second-order valence-corrected chi connectivity index (χ2v) is 6.45. The van der Waals surface area contributed by atoms with E-state index in [0.29, 0.717) is 28.6 Å². The van der Waals surface area contributed by atoms with Crippen molar-refractivity contribution in [1.82, 2.24) is 10.1 Å². The summed E-state index contributed by atoms with van der Waals surface area (Å²) < 4.78 is 10.9. The van der Waals surface area contributed by atoms with Gasteiger partial charge in [0.1, 0.15) is 5.75 Å². The summed E-state index contributed by atoms with van der Waals surface area (Å²) in [6.45, 7) is 0.195. The number of hydrogen-bond donors (Lipinski definition) is 0. The van der Waals surface area contributed by atoms with Crippen molar-refractivity contribution in [1.29, 1.82) is 0 Å². The van der Waals surface area contributed by atoms with Crippen LogP contribution in [0.4, 0.5) is 0 Å². The van der Waals surface area contributed by atoms with Gasteiger partial charge in [-0.25, -0.2) is 0 Å². The van der Waals surface area contributed by atoms with Crippen LogP contribution in [0, 0.1) is 0 Å². The van der Waals surface area contributed by atoms with Crippen molar-refractivity contribution in [3.8, 4) is 16.5 Å². The maximum atomic E-state index is 12.4. The third-order valence-electron chi connectivity index (χ3n) is 3.72. The molecule has 4 rings (SSSR count). The molecule has 2 aromatic heterocycles. The predicted octanol–water partition coefficient (Wildman–Crippen LogP) is 4.61. The highest BCUT2D eigenvalue weighted by Crippen LogP contribution is 2.23. The van der Waals surface area contributed by atoms with E-state index in [1.807, 2.05) is 35.7 Å². The molecule has 0 aliphatic rings. The van der Waals surface area contributed by atoms with Gasteiger partial charge in [-0.15, -0.1) is 11.3 Å². The molecule has 2 heterocycles. The monoisotopic (exact) mass is 362 g/mol. The maximum Gasteiger partial charge on any atom is 0.268 e. The average Bonchev–Trinajstić information content (AvgIpc) is 3.38. The van der Waals surface area contributed by atoms with E-state index in [9.17, 15) is 4.79 Å². The van der Waals surface area contributed by atoms with Gasteiger partial charge in [-0.2, -0.15) is 4.98 Å². The van der Waals surface area contributed by atoms with E-state index in [1.54, 1.807) is 36.4 Å². The first-order valence-corrected chi connectivity index (χ1v) is 8.86. The van der Waals surface area contributed by atoms with Crippen molar-refractivity contribution in [2.24, 2.45) is 0 Å². The third kappa shape index (κ3) is 3.55. The molecule has 0 aliphatic heterocycles. The Labute approximate surface area is 153 Å². The van der Waals surface area contributed by atoms with Gasteiger partial charge in [0.2, 0.25) is 5.82 Å². The predicted molar refractivity (Wildman–Crippen MR) is 98.3 cm³/mol. The largest absolute Gasteiger partial charge is 0.485 e. The first-order chi connectivity index (χ1) is 12.8. The summed E-state index contributed by atoms with van der Waals surface area (Å²) in [5.41, 5.74) is 1.28.